The summed E-state index contributed by atoms with van der Waals surface area (Å²) in [7, 11) is 0. The molecule has 4 rings (SSSR count). The van der Waals surface area contributed by atoms with Crippen LogP contribution in [-0.2, 0) is 4.74 Å². The first-order valence-electron chi connectivity index (χ1n) is 9.80. The second-order valence-electron chi connectivity index (χ2n) is 7.05. The zero-order valence-electron chi connectivity index (χ0n) is 16.9. The van der Waals surface area contributed by atoms with Gasteiger partial charge in [-0.15, -0.1) is 0 Å². The lowest BCUT2D eigenvalue weighted by molar-refractivity contribution is 0.102. The molecule has 2 heterocycles. The predicted molar refractivity (Wildman–Crippen MR) is 119 cm³/mol. The molecule has 1 saturated heterocycles. The second-order valence-corrected chi connectivity index (χ2v) is 7.45. The van der Waals surface area contributed by atoms with Crippen LogP contribution in [0.5, 0.6) is 0 Å². The molecule has 0 radical (unpaired) electrons. The maximum Gasteiger partial charge on any atom is 0.260 e. The van der Waals surface area contributed by atoms with Gasteiger partial charge in [-0.25, -0.2) is 9.37 Å². The molecule has 9 heteroatoms. The maximum atomic E-state index is 13.9. The average molecular weight is 442 g/mol. The van der Waals surface area contributed by atoms with E-state index in [1.807, 2.05) is 13.0 Å². The fourth-order valence-corrected chi connectivity index (χ4v) is 3.46. The van der Waals surface area contributed by atoms with Crippen LogP contribution < -0.4 is 15.5 Å². The maximum absolute atomic E-state index is 13.9. The molecule has 2 N–H and O–H groups in total. The summed E-state index contributed by atoms with van der Waals surface area (Å²) in [5.74, 6) is 0.0595. The molecule has 1 aliphatic rings. The Bertz CT molecular complexity index is 1070. The zero-order valence-corrected chi connectivity index (χ0v) is 17.6. The number of amides is 1. The fraction of sp³-hybridized carbons (Fsp3) is 0.227. The van der Waals surface area contributed by atoms with Crippen LogP contribution in [0.1, 0.15) is 16.1 Å². The summed E-state index contributed by atoms with van der Waals surface area (Å²) in [4.78, 5) is 23.6. The van der Waals surface area contributed by atoms with Crippen LogP contribution in [0.15, 0.2) is 48.5 Å². The molecule has 2 aromatic carbocycles. The van der Waals surface area contributed by atoms with Crippen LogP contribution in [0.3, 0.4) is 0 Å². The van der Waals surface area contributed by atoms with Gasteiger partial charge in [-0.2, -0.15) is 4.98 Å². The number of hydrogen-bond acceptors (Lipinski definition) is 6. The summed E-state index contributed by atoms with van der Waals surface area (Å²) in [6.07, 6.45) is 0. The SMILES string of the molecule is Cc1cc(Nc2ccc(NC(=O)c3c(F)cccc3Cl)cc2)nc(N2CCOCC2)n1. The van der Waals surface area contributed by atoms with E-state index in [1.54, 1.807) is 24.3 Å². The molecule has 1 aliphatic heterocycles. The molecule has 1 amide bonds. The number of aryl methyl sites for hydroxylation is 1. The number of aromatic nitrogens is 2. The van der Waals surface area contributed by atoms with Gasteiger partial charge in [0, 0.05) is 36.2 Å². The fourth-order valence-electron chi connectivity index (χ4n) is 3.21. The summed E-state index contributed by atoms with van der Waals surface area (Å²) in [5, 5.41) is 5.97. The van der Waals surface area contributed by atoms with Crippen molar-refractivity contribution in [3.63, 3.8) is 0 Å². The van der Waals surface area contributed by atoms with E-state index in [0.717, 1.165) is 24.5 Å². The number of rotatable bonds is 5. The average Bonchev–Trinajstić information content (AvgIpc) is 2.75. The molecule has 0 atom stereocenters. The molecule has 0 saturated carbocycles. The van der Waals surface area contributed by atoms with E-state index in [1.165, 1.54) is 18.2 Å². The molecule has 1 aromatic heterocycles. The van der Waals surface area contributed by atoms with Crippen LogP contribution >= 0.6 is 11.6 Å². The number of hydrogen-bond donors (Lipinski definition) is 2. The number of nitrogens with one attached hydrogen (secondary N) is 2. The largest absolute Gasteiger partial charge is 0.378 e. The Morgan fingerprint density at radius 3 is 2.52 bits per heavy atom. The summed E-state index contributed by atoms with van der Waals surface area (Å²) >= 11 is 5.95. The molecule has 0 aliphatic carbocycles. The van der Waals surface area contributed by atoms with E-state index in [2.05, 4.69) is 25.5 Å². The molecule has 31 heavy (non-hydrogen) atoms. The number of nitrogens with zero attached hydrogens (tertiary/aromatic N) is 3. The van der Waals surface area contributed by atoms with Gasteiger partial charge >= 0.3 is 0 Å². The molecule has 1 fully saturated rings. The Morgan fingerprint density at radius 1 is 1.10 bits per heavy atom. The minimum atomic E-state index is -0.668. The molecular formula is C22H21ClFN5O2. The Morgan fingerprint density at radius 2 is 1.81 bits per heavy atom. The lowest BCUT2D eigenvalue weighted by Gasteiger charge is -2.27. The molecule has 160 valence electrons. The number of carbonyl (C=O) groups excluding carboxylic acids is 1. The lowest BCUT2D eigenvalue weighted by Crippen LogP contribution is -2.37. The highest BCUT2D eigenvalue weighted by molar-refractivity contribution is 6.34. The van der Waals surface area contributed by atoms with Gasteiger partial charge in [0.1, 0.15) is 11.6 Å². The Hall–Kier alpha value is -3.23. The number of carbonyl (C=O) groups is 1. The van der Waals surface area contributed by atoms with E-state index in [4.69, 9.17) is 16.3 Å². The first kappa shape index (κ1) is 21.0. The van der Waals surface area contributed by atoms with E-state index in [9.17, 15) is 9.18 Å². The molecule has 3 aromatic rings. The first-order chi connectivity index (χ1) is 15.0. The monoisotopic (exact) mass is 441 g/mol. The van der Waals surface area contributed by atoms with Crippen molar-refractivity contribution in [2.24, 2.45) is 0 Å². The first-order valence-corrected chi connectivity index (χ1v) is 10.2. The number of morpholine rings is 1. The minimum absolute atomic E-state index is 0.0611. The lowest BCUT2D eigenvalue weighted by atomic mass is 10.2. The van der Waals surface area contributed by atoms with Crippen molar-refractivity contribution in [1.29, 1.82) is 0 Å². The Labute approximate surface area is 184 Å². The third-order valence-corrected chi connectivity index (χ3v) is 5.06. The van der Waals surface area contributed by atoms with E-state index >= 15 is 0 Å². The summed E-state index contributed by atoms with van der Waals surface area (Å²) in [6.45, 7) is 4.74. The van der Waals surface area contributed by atoms with Gasteiger partial charge < -0.3 is 20.3 Å². The molecule has 0 unspecified atom stereocenters. The number of anilines is 4. The standard InChI is InChI=1S/C22H21ClFN5O2/c1-14-13-19(28-22(25-14)29-9-11-31-12-10-29)26-15-5-7-16(8-6-15)27-21(30)20-17(23)3-2-4-18(20)24/h2-8,13H,9-12H2,1H3,(H,27,30)(H,25,26,28). The zero-order chi connectivity index (χ0) is 21.8. The highest BCUT2D eigenvalue weighted by Crippen LogP contribution is 2.23. The Kier molecular flexibility index (Phi) is 6.29. The van der Waals surface area contributed by atoms with Gasteiger partial charge in [0.2, 0.25) is 5.95 Å². The van der Waals surface area contributed by atoms with E-state index in [0.29, 0.717) is 30.7 Å². The van der Waals surface area contributed by atoms with Crippen LogP contribution in [-0.4, -0.2) is 42.2 Å². The topological polar surface area (TPSA) is 79.4 Å². The van der Waals surface area contributed by atoms with Gasteiger partial charge in [-0.05, 0) is 43.3 Å². The van der Waals surface area contributed by atoms with Crippen molar-refractivity contribution in [3.05, 3.63) is 70.6 Å². The van der Waals surface area contributed by atoms with Crippen LogP contribution in [0, 0.1) is 12.7 Å². The smallest absolute Gasteiger partial charge is 0.260 e. The Balaban J connectivity index is 1.45. The second kappa shape index (κ2) is 9.28. The van der Waals surface area contributed by atoms with Gasteiger partial charge in [0.05, 0.1) is 23.8 Å². The van der Waals surface area contributed by atoms with E-state index in [-0.39, 0.29) is 10.6 Å². The quantitative estimate of drug-likeness (QED) is 0.610. The van der Waals surface area contributed by atoms with Gasteiger partial charge in [0.15, 0.2) is 0 Å². The molecular weight excluding hydrogens is 421 g/mol. The van der Waals surface area contributed by atoms with Crippen molar-refractivity contribution in [2.75, 3.05) is 41.8 Å². The summed E-state index contributed by atoms with van der Waals surface area (Å²) in [5.41, 5.74) is 1.97. The highest BCUT2D eigenvalue weighted by atomic mass is 35.5. The van der Waals surface area contributed by atoms with Crippen molar-refractivity contribution < 1.29 is 13.9 Å². The van der Waals surface area contributed by atoms with Gasteiger partial charge in [0.25, 0.3) is 5.91 Å². The normalized spacial score (nSPS) is 13.7. The van der Waals surface area contributed by atoms with Crippen molar-refractivity contribution in [3.8, 4) is 0 Å². The number of benzene rings is 2. The molecule has 7 nitrogen and oxygen atoms in total. The minimum Gasteiger partial charge on any atom is -0.378 e. The van der Waals surface area contributed by atoms with Crippen LogP contribution in [0.4, 0.5) is 27.5 Å². The van der Waals surface area contributed by atoms with Crippen LogP contribution in [0.2, 0.25) is 5.02 Å². The van der Waals surface area contributed by atoms with Gasteiger partial charge in [-0.1, -0.05) is 17.7 Å². The van der Waals surface area contributed by atoms with Crippen LogP contribution in [0.25, 0.3) is 0 Å². The van der Waals surface area contributed by atoms with Crippen molar-refractivity contribution >= 4 is 40.6 Å². The summed E-state index contributed by atoms with van der Waals surface area (Å²) < 4.78 is 19.3. The third kappa shape index (κ3) is 5.10. The molecule has 0 bridgehead atoms. The number of halogens is 2. The number of ether oxygens (including phenoxy) is 1. The van der Waals surface area contributed by atoms with Crippen molar-refractivity contribution in [2.45, 2.75) is 6.92 Å². The van der Waals surface area contributed by atoms with Crippen molar-refractivity contribution in [1.82, 2.24) is 9.97 Å². The third-order valence-electron chi connectivity index (χ3n) is 4.74. The van der Waals surface area contributed by atoms with Gasteiger partial charge in [-0.3, -0.25) is 4.79 Å². The predicted octanol–water partition coefficient (Wildman–Crippen LogP) is 4.41. The van der Waals surface area contributed by atoms with E-state index < -0.39 is 11.7 Å². The highest BCUT2D eigenvalue weighted by Gasteiger charge is 2.17. The molecule has 0 spiro atoms. The summed E-state index contributed by atoms with van der Waals surface area (Å²) in [6, 6.07) is 13.0.